The van der Waals surface area contributed by atoms with Crippen molar-refractivity contribution in [2.24, 2.45) is 11.8 Å². The number of rotatable bonds is 14. The molecule has 0 aliphatic carbocycles. The average Bonchev–Trinajstić information content (AvgIpc) is 3.33. The fraction of sp³-hybridized carbons (Fsp3) is 0.440. The summed E-state index contributed by atoms with van der Waals surface area (Å²) in [7, 11) is 0. The molecule has 2 saturated heterocycles. The van der Waals surface area contributed by atoms with Gasteiger partial charge in [-0.15, -0.1) is 0 Å². The molecule has 64 heavy (non-hydrogen) atoms. The van der Waals surface area contributed by atoms with Crippen LogP contribution in [0.3, 0.4) is 0 Å². The molecule has 8 bridgehead atoms. The summed E-state index contributed by atoms with van der Waals surface area (Å²) in [5, 5.41) is 17.3. The van der Waals surface area contributed by atoms with Gasteiger partial charge in [-0.3, -0.25) is 0 Å². The molecule has 7 rings (SSSR count). The van der Waals surface area contributed by atoms with Gasteiger partial charge in [0.2, 0.25) is 0 Å². The summed E-state index contributed by atoms with van der Waals surface area (Å²) < 4.78 is 12.0. The van der Waals surface area contributed by atoms with Crippen LogP contribution in [0.4, 0.5) is 0 Å². The number of hydrogen-bond donors (Lipinski definition) is 4. The summed E-state index contributed by atoms with van der Waals surface area (Å²) in [5.74, 6) is 0.812. The van der Waals surface area contributed by atoms with Crippen molar-refractivity contribution in [2.75, 3.05) is 52.7 Å². The zero-order valence-corrected chi connectivity index (χ0v) is 40.2. The predicted octanol–water partition coefficient (Wildman–Crippen LogP) is 8.06. The van der Waals surface area contributed by atoms with Crippen LogP contribution in [-0.2, 0) is 48.9 Å². The zero-order chi connectivity index (χ0) is 44.4. The van der Waals surface area contributed by atoms with Gasteiger partial charge in [0.05, 0.1) is 26.6 Å². The van der Waals surface area contributed by atoms with Crippen LogP contribution in [0, 0.1) is 11.8 Å². The van der Waals surface area contributed by atoms with Crippen molar-refractivity contribution < 1.29 is 9.47 Å². The minimum absolute atomic E-state index is 0.406. The molecule has 0 aromatic heterocycles. The van der Waals surface area contributed by atoms with Gasteiger partial charge in [-0.25, -0.2) is 0 Å². The van der Waals surface area contributed by atoms with Crippen LogP contribution in [0.5, 0.6) is 0 Å². The first-order valence-electron chi connectivity index (χ1n) is 22.8. The number of nitrogens with zero attached hydrogens (tertiary/aromatic N) is 4. The molecule has 3 heterocycles. The largest absolute Gasteiger partial charge is 0.377 e. The Balaban J connectivity index is 0.983. The number of thiocarbonyl (C=S) groups is 4. The fourth-order valence-electron chi connectivity index (χ4n) is 8.62. The van der Waals surface area contributed by atoms with E-state index in [0.717, 1.165) is 121 Å². The molecule has 4 aromatic carbocycles. The van der Waals surface area contributed by atoms with Gasteiger partial charge in [0.15, 0.2) is 20.4 Å². The van der Waals surface area contributed by atoms with E-state index in [4.69, 9.17) is 58.3 Å². The smallest absolute Gasteiger partial charge is 0.170 e. The van der Waals surface area contributed by atoms with Gasteiger partial charge < -0.3 is 50.3 Å². The van der Waals surface area contributed by atoms with E-state index in [-0.39, 0.29) is 0 Å². The third kappa shape index (κ3) is 15.3. The van der Waals surface area contributed by atoms with Crippen LogP contribution in [0.2, 0.25) is 0 Å². The fourth-order valence-corrected chi connectivity index (χ4v) is 9.44. The number of unbranched alkanes of at least 4 members (excludes halogenated alkanes) is 2. The lowest BCUT2D eigenvalue weighted by Gasteiger charge is -2.42. The first-order chi connectivity index (χ1) is 31.3. The monoisotopic (exact) mass is 936 g/mol. The topological polar surface area (TPSA) is 79.5 Å². The molecular formula is C50H64N8O2S4. The second kappa shape index (κ2) is 25.3. The number of hydrogen-bond acceptors (Lipinski definition) is 6. The molecule has 4 aromatic rings. The van der Waals surface area contributed by atoms with Crippen molar-refractivity contribution in [3.63, 3.8) is 0 Å². The van der Waals surface area contributed by atoms with E-state index in [9.17, 15) is 0 Å². The SMILES string of the molecule is S=C1NCc2cccc(c2)CNC(=S)N2CC(CCCCOCc3ccccc3)CN(C2)C(=S)NCc2cccc(c2)CNC(=S)N2CC(CCCCOCc3ccccc3)CN1C2. The maximum atomic E-state index is 6.08. The molecule has 340 valence electrons. The van der Waals surface area contributed by atoms with E-state index in [0.29, 0.717) is 64.6 Å². The normalized spacial score (nSPS) is 17.2. The zero-order valence-electron chi connectivity index (χ0n) is 36.9. The molecule has 2 fully saturated rings. The summed E-state index contributed by atoms with van der Waals surface area (Å²) in [6.45, 7) is 10.1. The third-order valence-corrected chi connectivity index (χ3v) is 13.6. The number of ether oxygens (including phenoxy) is 2. The highest BCUT2D eigenvalue weighted by Crippen LogP contribution is 2.22. The van der Waals surface area contributed by atoms with Crippen LogP contribution in [0.1, 0.15) is 71.9 Å². The first-order valence-corrected chi connectivity index (χ1v) is 24.5. The van der Waals surface area contributed by atoms with Crippen molar-refractivity contribution >= 4 is 69.3 Å². The number of nitrogens with one attached hydrogen (secondary N) is 4. The van der Waals surface area contributed by atoms with Gasteiger partial charge in [0, 0.05) is 65.6 Å². The molecule has 0 amide bonds. The molecule has 0 unspecified atom stereocenters. The molecule has 14 heteroatoms. The Labute approximate surface area is 402 Å². The van der Waals surface area contributed by atoms with Gasteiger partial charge in [0.1, 0.15) is 0 Å². The Hall–Kier alpha value is -4.44. The van der Waals surface area contributed by atoms with E-state index in [1.54, 1.807) is 0 Å². The van der Waals surface area contributed by atoms with Gasteiger partial charge in [-0.1, -0.05) is 122 Å². The van der Waals surface area contributed by atoms with Crippen LogP contribution in [0.25, 0.3) is 0 Å². The standard InChI is InChI=1S/C50H64N8O2S4/c61-47-51-27-41-19-11-21-43(25-41)29-53-49(63)57-33-46(18-8-10-24-60-36-40-15-5-2-6-16-40)34-58(38-57)50(64)54-30-44-22-12-20-42(26-44)28-52-48(62)56-32-45(31-55(47)37-56)17-7-9-23-59-35-39-13-3-1-4-14-39/h1-6,11-16,19-22,25-26,45-46H,7-10,17-18,23-24,27-38H2,(H,51,61)(H,52,62)(H,53,63)(H,54,64). The summed E-state index contributed by atoms with van der Waals surface area (Å²) in [6, 6.07) is 38.0. The maximum absolute atomic E-state index is 6.08. The Morgan fingerprint density at radius 3 is 1.08 bits per heavy atom. The van der Waals surface area contributed by atoms with Crippen LogP contribution in [0.15, 0.2) is 109 Å². The molecule has 3 aliphatic rings. The van der Waals surface area contributed by atoms with Gasteiger partial charge in [-0.05, 0) is 120 Å². The Morgan fingerprint density at radius 2 is 0.750 bits per heavy atom. The van der Waals surface area contributed by atoms with E-state index in [1.165, 1.54) is 11.1 Å². The van der Waals surface area contributed by atoms with Crippen molar-refractivity contribution in [2.45, 2.75) is 77.9 Å². The highest BCUT2D eigenvalue weighted by atomic mass is 32.1. The molecule has 0 spiro atoms. The number of fused-ring (bicyclic) bond motifs is 8. The molecular weight excluding hydrogens is 873 g/mol. The highest BCUT2D eigenvalue weighted by molar-refractivity contribution is 7.80. The molecule has 0 radical (unpaired) electrons. The second-order valence-electron chi connectivity index (χ2n) is 17.2. The molecule has 10 nitrogen and oxygen atoms in total. The third-order valence-electron chi connectivity index (χ3n) is 12.0. The van der Waals surface area contributed by atoms with E-state index in [1.807, 2.05) is 12.1 Å². The van der Waals surface area contributed by atoms with Crippen molar-refractivity contribution in [3.8, 4) is 0 Å². The maximum Gasteiger partial charge on any atom is 0.170 e. The summed E-state index contributed by atoms with van der Waals surface area (Å²) >= 11 is 24.3. The first kappa shape index (κ1) is 47.5. The lowest BCUT2D eigenvalue weighted by atomic mass is 9.99. The Bertz CT molecular complexity index is 1880. The average molecular weight is 937 g/mol. The van der Waals surface area contributed by atoms with Gasteiger partial charge in [-0.2, -0.15) is 0 Å². The summed E-state index contributed by atoms with van der Waals surface area (Å²) in [4.78, 5) is 9.09. The molecule has 3 aliphatic heterocycles. The summed E-state index contributed by atoms with van der Waals surface area (Å²) in [5.41, 5.74) is 7.07. The molecule has 0 atom stereocenters. The van der Waals surface area contributed by atoms with E-state index in [2.05, 4.69) is 138 Å². The van der Waals surface area contributed by atoms with Crippen LogP contribution < -0.4 is 21.3 Å². The lowest BCUT2D eigenvalue weighted by Crippen LogP contribution is -2.57. The highest BCUT2D eigenvalue weighted by Gasteiger charge is 2.30. The van der Waals surface area contributed by atoms with Crippen molar-refractivity contribution in [1.29, 1.82) is 0 Å². The predicted molar refractivity (Wildman–Crippen MR) is 274 cm³/mol. The van der Waals surface area contributed by atoms with Gasteiger partial charge in [0.25, 0.3) is 0 Å². The number of benzene rings is 4. The minimum Gasteiger partial charge on any atom is -0.377 e. The minimum atomic E-state index is 0.406. The lowest BCUT2D eigenvalue weighted by molar-refractivity contribution is 0.110. The Kier molecular flexibility index (Phi) is 18.8. The molecule has 4 N–H and O–H groups in total. The molecule has 0 saturated carbocycles. The Morgan fingerprint density at radius 1 is 0.422 bits per heavy atom. The van der Waals surface area contributed by atoms with Crippen LogP contribution >= 0.6 is 48.9 Å². The van der Waals surface area contributed by atoms with Crippen LogP contribution in [-0.4, -0.2) is 92.8 Å². The van der Waals surface area contributed by atoms with Crippen molar-refractivity contribution in [1.82, 2.24) is 40.9 Å². The van der Waals surface area contributed by atoms with Crippen molar-refractivity contribution in [3.05, 3.63) is 143 Å². The van der Waals surface area contributed by atoms with E-state index >= 15 is 0 Å². The van der Waals surface area contributed by atoms with Gasteiger partial charge >= 0.3 is 0 Å². The quantitative estimate of drug-likeness (QED) is 0.0728. The van der Waals surface area contributed by atoms with E-state index < -0.39 is 0 Å². The summed E-state index contributed by atoms with van der Waals surface area (Å²) in [6.07, 6.45) is 6.34. The second-order valence-corrected chi connectivity index (χ2v) is 18.8.